The van der Waals surface area contributed by atoms with Crippen LogP contribution in [0.4, 0.5) is 0 Å². The molecule has 1 N–H and O–H groups in total. The molecule has 1 aliphatic heterocycles. The van der Waals surface area contributed by atoms with Crippen molar-refractivity contribution in [3.05, 3.63) is 89.2 Å². The lowest BCUT2D eigenvalue weighted by Gasteiger charge is -2.22. The number of ether oxygens (including phenoxy) is 1. The molecule has 0 fully saturated rings. The molecule has 3 aromatic carbocycles. The number of imidazole rings is 1. The molecule has 2 aromatic heterocycles. The third-order valence-corrected chi connectivity index (χ3v) is 7.30. The number of fused-ring (bicyclic) bond motifs is 2. The van der Waals surface area contributed by atoms with Crippen LogP contribution < -0.4 is 4.74 Å². The van der Waals surface area contributed by atoms with Crippen molar-refractivity contribution in [2.45, 2.75) is 19.9 Å². The van der Waals surface area contributed by atoms with Crippen molar-refractivity contribution < 1.29 is 9.53 Å². The Kier molecular flexibility index (Phi) is 5.54. The summed E-state index contributed by atoms with van der Waals surface area (Å²) in [7, 11) is 0. The Hall–Kier alpha value is -3.97. The molecule has 174 valence electrons. The van der Waals surface area contributed by atoms with E-state index in [1.807, 2.05) is 34.5 Å². The molecular weight excluding hydrogens is 456 g/mol. The van der Waals surface area contributed by atoms with Gasteiger partial charge in [-0.05, 0) is 59.5 Å². The second-order valence-electron chi connectivity index (χ2n) is 8.59. The molecule has 0 atom stereocenters. The van der Waals surface area contributed by atoms with E-state index in [0.717, 1.165) is 61.6 Å². The average Bonchev–Trinajstić information content (AvgIpc) is 3.56. The van der Waals surface area contributed by atoms with E-state index in [0.29, 0.717) is 19.7 Å². The Bertz CT molecular complexity index is 1520. The molecule has 0 spiro atoms. The van der Waals surface area contributed by atoms with Gasteiger partial charge < -0.3 is 14.6 Å². The fraction of sp³-hybridized carbons (Fsp3) is 0.179. The van der Waals surface area contributed by atoms with Crippen molar-refractivity contribution in [3.8, 4) is 27.4 Å². The van der Waals surface area contributed by atoms with E-state index < -0.39 is 0 Å². The molecule has 6 rings (SSSR count). The fourth-order valence-corrected chi connectivity index (χ4v) is 5.26. The molecule has 35 heavy (non-hydrogen) atoms. The predicted molar refractivity (Wildman–Crippen MR) is 139 cm³/mol. The van der Waals surface area contributed by atoms with Crippen LogP contribution in [-0.2, 0) is 13.0 Å². The lowest BCUT2D eigenvalue weighted by molar-refractivity contribution is 0.0732. The van der Waals surface area contributed by atoms with Crippen LogP contribution in [0.1, 0.15) is 28.4 Å². The third-order valence-electron chi connectivity index (χ3n) is 6.48. The molecule has 3 heterocycles. The number of nitrogens with zero attached hydrogens (tertiary/aromatic N) is 3. The van der Waals surface area contributed by atoms with Gasteiger partial charge in [0.25, 0.3) is 5.91 Å². The number of nitrogens with one attached hydrogen (secondary N) is 1. The van der Waals surface area contributed by atoms with Gasteiger partial charge in [-0.1, -0.05) is 25.1 Å². The number of H-pyrrole nitrogens is 1. The van der Waals surface area contributed by atoms with Gasteiger partial charge in [0, 0.05) is 34.8 Å². The molecule has 5 aromatic rings. The van der Waals surface area contributed by atoms with E-state index >= 15 is 0 Å². The quantitative estimate of drug-likeness (QED) is 0.345. The van der Waals surface area contributed by atoms with Gasteiger partial charge in [0.05, 0.1) is 23.9 Å². The van der Waals surface area contributed by atoms with Gasteiger partial charge in [0.2, 0.25) is 0 Å². The second-order valence-corrected chi connectivity index (χ2v) is 9.49. The van der Waals surface area contributed by atoms with E-state index in [-0.39, 0.29) is 5.91 Å². The van der Waals surface area contributed by atoms with Crippen LogP contribution in [0.3, 0.4) is 0 Å². The number of aryl methyl sites for hydroxylation is 1. The Morgan fingerprint density at radius 3 is 2.77 bits per heavy atom. The molecule has 0 aliphatic carbocycles. The Labute approximate surface area is 207 Å². The molecule has 1 aliphatic rings. The second kappa shape index (κ2) is 9.00. The zero-order valence-corrected chi connectivity index (χ0v) is 20.1. The fourth-order valence-electron chi connectivity index (χ4n) is 4.63. The van der Waals surface area contributed by atoms with Gasteiger partial charge in [0.1, 0.15) is 17.4 Å². The normalized spacial score (nSPS) is 13.3. The summed E-state index contributed by atoms with van der Waals surface area (Å²) >= 11 is 1.60. The highest BCUT2D eigenvalue weighted by Crippen LogP contribution is 2.32. The summed E-state index contributed by atoms with van der Waals surface area (Å²) in [6, 6.07) is 18.4. The van der Waals surface area contributed by atoms with Crippen LogP contribution in [0.25, 0.3) is 32.7 Å². The molecular formula is C28H24N4O2S. The number of carbonyl (C=O) groups excluding carboxylic acids is 1. The van der Waals surface area contributed by atoms with Crippen molar-refractivity contribution in [1.82, 2.24) is 19.9 Å². The average molecular weight is 481 g/mol. The van der Waals surface area contributed by atoms with Crippen LogP contribution in [0.5, 0.6) is 5.75 Å². The smallest absolute Gasteiger partial charge is 0.254 e. The zero-order valence-electron chi connectivity index (χ0n) is 19.3. The number of benzene rings is 3. The number of hydrogen-bond donors (Lipinski definition) is 1. The molecule has 0 saturated carbocycles. The van der Waals surface area contributed by atoms with Gasteiger partial charge in [-0.15, -0.1) is 11.3 Å². The summed E-state index contributed by atoms with van der Waals surface area (Å²) in [4.78, 5) is 27.4. The Balaban J connectivity index is 1.30. The van der Waals surface area contributed by atoms with Gasteiger partial charge in [-0.25, -0.2) is 9.97 Å². The minimum Gasteiger partial charge on any atom is -0.491 e. The van der Waals surface area contributed by atoms with Gasteiger partial charge in [0.15, 0.2) is 0 Å². The topological polar surface area (TPSA) is 71.1 Å². The summed E-state index contributed by atoms with van der Waals surface area (Å²) in [5.74, 6) is 0.870. The van der Waals surface area contributed by atoms with Crippen LogP contribution in [0, 0.1) is 0 Å². The number of amides is 1. The summed E-state index contributed by atoms with van der Waals surface area (Å²) in [5, 5.41) is 2.94. The number of aromatic amines is 1. The van der Waals surface area contributed by atoms with Crippen molar-refractivity contribution in [2.24, 2.45) is 0 Å². The van der Waals surface area contributed by atoms with E-state index in [4.69, 9.17) is 4.74 Å². The van der Waals surface area contributed by atoms with Crippen LogP contribution in [-0.4, -0.2) is 38.9 Å². The zero-order chi connectivity index (χ0) is 23.8. The number of rotatable bonds is 4. The highest BCUT2D eigenvalue weighted by atomic mass is 32.1. The first-order valence-corrected chi connectivity index (χ1v) is 12.6. The maximum absolute atomic E-state index is 13.7. The van der Waals surface area contributed by atoms with Gasteiger partial charge in [-0.2, -0.15) is 0 Å². The first-order valence-electron chi connectivity index (χ1n) is 11.7. The van der Waals surface area contributed by atoms with Gasteiger partial charge >= 0.3 is 0 Å². The maximum Gasteiger partial charge on any atom is 0.254 e. The standard InChI is InChI=1S/C28H24N4O2S/c1-2-18-13-21(27-29-9-12-35-27)3-6-23(18)28(33)32-10-11-34-26-8-5-19(14-22(26)16-32)20-4-7-24-25(15-20)31-17-30-24/h3-9,12-15,17H,2,10-11,16H2,1H3,(H,30,31). The maximum atomic E-state index is 13.7. The van der Waals surface area contributed by atoms with Crippen LogP contribution >= 0.6 is 11.3 Å². The third kappa shape index (κ3) is 4.08. The number of carbonyl (C=O) groups is 1. The molecule has 6 nitrogen and oxygen atoms in total. The largest absolute Gasteiger partial charge is 0.491 e. The predicted octanol–water partition coefficient (Wildman–Crippen LogP) is 5.95. The molecule has 1 amide bonds. The Morgan fingerprint density at radius 1 is 1.06 bits per heavy atom. The first-order chi connectivity index (χ1) is 17.2. The lowest BCUT2D eigenvalue weighted by atomic mass is 9.99. The molecule has 7 heteroatoms. The van der Waals surface area contributed by atoms with Crippen molar-refractivity contribution >= 4 is 28.3 Å². The van der Waals surface area contributed by atoms with Gasteiger partial charge in [-0.3, -0.25) is 4.79 Å². The van der Waals surface area contributed by atoms with E-state index in [2.05, 4.69) is 52.2 Å². The summed E-state index contributed by atoms with van der Waals surface area (Å²) in [6.45, 7) is 3.60. The molecule has 0 bridgehead atoms. The minimum atomic E-state index is 0.0354. The highest BCUT2D eigenvalue weighted by Gasteiger charge is 2.23. The van der Waals surface area contributed by atoms with Crippen molar-refractivity contribution in [2.75, 3.05) is 13.2 Å². The lowest BCUT2D eigenvalue weighted by Crippen LogP contribution is -2.33. The molecule has 0 radical (unpaired) electrons. The summed E-state index contributed by atoms with van der Waals surface area (Å²) in [5.41, 5.74) is 7.96. The Morgan fingerprint density at radius 2 is 1.91 bits per heavy atom. The van der Waals surface area contributed by atoms with E-state index in [9.17, 15) is 4.79 Å². The van der Waals surface area contributed by atoms with Crippen molar-refractivity contribution in [3.63, 3.8) is 0 Å². The molecule has 0 unspecified atom stereocenters. The summed E-state index contributed by atoms with van der Waals surface area (Å²) in [6.07, 6.45) is 4.29. The van der Waals surface area contributed by atoms with Crippen LogP contribution in [0.2, 0.25) is 0 Å². The van der Waals surface area contributed by atoms with Crippen molar-refractivity contribution in [1.29, 1.82) is 0 Å². The monoisotopic (exact) mass is 480 g/mol. The number of thiazole rings is 1. The van der Waals surface area contributed by atoms with E-state index in [1.54, 1.807) is 23.9 Å². The summed E-state index contributed by atoms with van der Waals surface area (Å²) < 4.78 is 6.02. The molecule has 0 saturated heterocycles. The van der Waals surface area contributed by atoms with Crippen LogP contribution in [0.15, 0.2) is 72.5 Å². The number of aromatic nitrogens is 3. The number of hydrogen-bond acceptors (Lipinski definition) is 5. The highest BCUT2D eigenvalue weighted by molar-refractivity contribution is 7.13. The van der Waals surface area contributed by atoms with E-state index in [1.165, 1.54) is 0 Å². The minimum absolute atomic E-state index is 0.0354. The SMILES string of the molecule is CCc1cc(-c2nccs2)ccc1C(=O)N1CCOc2ccc(-c3ccc4nc[nH]c4c3)cc2C1. The first kappa shape index (κ1) is 21.6.